The van der Waals surface area contributed by atoms with Crippen molar-refractivity contribution < 1.29 is 27.1 Å². The SMILES string of the molecule is COc1cccc(N(CCCC(=O)N(Cc2ccccc2F)[C@@H](Cc2ccccc2)C(=O)NC2CCCC2)S(C)(=O)=O)c1. The predicted octanol–water partition coefficient (Wildman–Crippen LogP) is 5.08. The number of nitrogens with zero attached hydrogens (tertiary/aromatic N) is 2. The summed E-state index contributed by atoms with van der Waals surface area (Å²) in [4.78, 5) is 29.2. The van der Waals surface area contributed by atoms with Gasteiger partial charge in [-0.2, -0.15) is 0 Å². The molecule has 1 N–H and O–H groups in total. The Hall–Kier alpha value is -3.92. The summed E-state index contributed by atoms with van der Waals surface area (Å²) < 4.78 is 46.7. The molecular weight excluding hydrogens is 569 g/mol. The molecule has 0 bridgehead atoms. The van der Waals surface area contributed by atoms with Gasteiger partial charge in [0, 0.05) is 43.6 Å². The molecule has 0 aromatic heterocycles. The average Bonchev–Trinajstić information content (AvgIpc) is 3.50. The Bertz CT molecular complexity index is 1480. The van der Waals surface area contributed by atoms with Gasteiger partial charge < -0.3 is 15.0 Å². The lowest BCUT2D eigenvalue weighted by Gasteiger charge is -2.33. The number of rotatable bonds is 14. The third-order valence-corrected chi connectivity index (χ3v) is 8.96. The summed E-state index contributed by atoms with van der Waals surface area (Å²) in [5.74, 6) is -0.578. The van der Waals surface area contributed by atoms with Gasteiger partial charge in [0.2, 0.25) is 21.8 Å². The van der Waals surface area contributed by atoms with E-state index in [4.69, 9.17) is 4.74 Å². The second-order valence-electron chi connectivity index (χ2n) is 10.9. The number of sulfonamides is 1. The summed E-state index contributed by atoms with van der Waals surface area (Å²) in [6.07, 6.45) is 5.38. The average molecular weight is 610 g/mol. The highest BCUT2D eigenvalue weighted by atomic mass is 32.2. The zero-order chi connectivity index (χ0) is 30.8. The summed E-state index contributed by atoms with van der Waals surface area (Å²) in [6, 6.07) is 21.5. The van der Waals surface area contributed by atoms with Crippen LogP contribution in [0.3, 0.4) is 0 Å². The molecule has 10 heteroatoms. The molecule has 1 fully saturated rings. The Labute approximate surface area is 253 Å². The first-order chi connectivity index (χ1) is 20.7. The molecule has 43 heavy (non-hydrogen) atoms. The van der Waals surface area contributed by atoms with Gasteiger partial charge in [-0.3, -0.25) is 13.9 Å². The van der Waals surface area contributed by atoms with E-state index in [1.54, 1.807) is 42.5 Å². The van der Waals surface area contributed by atoms with Crippen molar-refractivity contribution in [1.82, 2.24) is 10.2 Å². The fraction of sp³-hybridized carbons (Fsp3) is 0.394. The van der Waals surface area contributed by atoms with E-state index in [-0.39, 0.29) is 50.2 Å². The largest absolute Gasteiger partial charge is 0.497 e. The van der Waals surface area contributed by atoms with Crippen LogP contribution in [0.15, 0.2) is 78.9 Å². The van der Waals surface area contributed by atoms with Crippen LogP contribution >= 0.6 is 0 Å². The molecule has 2 amide bonds. The van der Waals surface area contributed by atoms with Gasteiger partial charge in [0.25, 0.3) is 0 Å². The van der Waals surface area contributed by atoms with Gasteiger partial charge in [0.1, 0.15) is 17.6 Å². The Morgan fingerprint density at radius 1 is 1.00 bits per heavy atom. The molecule has 4 rings (SSSR count). The molecule has 0 aliphatic heterocycles. The van der Waals surface area contributed by atoms with Crippen molar-refractivity contribution in [2.24, 2.45) is 0 Å². The maximum atomic E-state index is 14.8. The lowest BCUT2D eigenvalue weighted by molar-refractivity contribution is -0.141. The summed E-state index contributed by atoms with van der Waals surface area (Å²) in [6.45, 7) is -0.0460. The van der Waals surface area contributed by atoms with Crippen LogP contribution in [0, 0.1) is 5.82 Å². The highest BCUT2D eigenvalue weighted by Gasteiger charge is 2.32. The first-order valence-corrected chi connectivity index (χ1v) is 16.5. The number of nitrogens with one attached hydrogen (secondary N) is 1. The second kappa shape index (κ2) is 15.0. The molecule has 0 heterocycles. The van der Waals surface area contributed by atoms with Crippen LogP contribution < -0.4 is 14.4 Å². The summed E-state index contributed by atoms with van der Waals surface area (Å²) in [5.41, 5.74) is 1.61. The highest BCUT2D eigenvalue weighted by Crippen LogP contribution is 2.25. The van der Waals surface area contributed by atoms with Crippen molar-refractivity contribution in [3.63, 3.8) is 0 Å². The number of carbonyl (C=O) groups is 2. The molecule has 1 aliphatic rings. The van der Waals surface area contributed by atoms with Crippen molar-refractivity contribution in [2.75, 3.05) is 24.2 Å². The number of hydrogen-bond acceptors (Lipinski definition) is 5. The maximum absolute atomic E-state index is 14.8. The van der Waals surface area contributed by atoms with Gasteiger partial charge in [0.05, 0.1) is 19.1 Å². The van der Waals surface area contributed by atoms with Crippen LogP contribution in [-0.2, 0) is 32.6 Å². The molecule has 0 radical (unpaired) electrons. The van der Waals surface area contributed by atoms with Gasteiger partial charge in [-0.15, -0.1) is 0 Å². The topological polar surface area (TPSA) is 96.0 Å². The van der Waals surface area contributed by atoms with Crippen LogP contribution in [0.25, 0.3) is 0 Å². The number of benzene rings is 3. The first-order valence-electron chi connectivity index (χ1n) is 14.6. The van der Waals surface area contributed by atoms with Gasteiger partial charge >= 0.3 is 0 Å². The molecule has 0 saturated heterocycles. The van der Waals surface area contributed by atoms with Gasteiger partial charge in [-0.25, -0.2) is 12.8 Å². The number of carbonyl (C=O) groups excluding carboxylic acids is 2. The van der Waals surface area contributed by atoms with Crippen molar-refractivity contribution in [2.45, 2.75) is 63.6 Å². The Morgan fingerprint density at radius 2 is 1.70 bits per heavy atom. The van der Waals surface area contributed by atoms with Crippen molar-refractivity contribution in [1.29, 1.82) is 0 Å². The number of halogens is 1. The predicted molar refractivity (Wildman–Crippen MR) is 166 cm³/mol. The van der Waals surface area contributed by atoms with Crippen LogP contribution in [0.2, 0.25) is 0 Å². The second-order valence-corrected chi connectivity index (χ2v) is 12.9. The van der Waals surface area contributed by atoms with Crippen LogP contribution in [0.4, 0.5) is 10.1 Å². The summed E-state index contributed by atoms with van der Waals surface area (Å²) in [5, 5.41) is 3.14. The minimum absolute atomic E-state index is 0.0353. The number of hydrogen-bond donors (Lipinski definition) is 1. The monoisotopic (exact) mass is 609 g/mol. The molecular formula is C33H40FN3O5S. The molecule has 3 aromatic carbocycles. The fourth-order valence-corrected chi connectivity index (χ4v) is 6.46. The van der Waals surface area contributed by atoms with Gasteiger partial charge in [0.15, 0.2) is 0 Å². The summed E-state index contributed by atoms with van der Waals surface area (Å²) >= 11 is 0. The fourth-order valence-electron chi connectivity index (χ4n) is 5.50. The van der Waals surface area contributed by atoms with Crippen molar-refractivity contribution in [3.05, 3.63) is 95.8 Å². The van der Waals surface area contributed by atoms with E-state index >= 15 is 0 Å². The minimum atomic E-state index is -3.66. The highest BCUT2D eigenvalue weighted by molar-refractivity contribution is 7.92. The van der Waals surface area contributed by atoms with Crippen LogP contribution in [0.1, 0.15) is 49.7 Å². The van der Waals surface area contributed by atoms with E-state index in [1.165, 1.54) is 22.4 Å². The van der Waals surface area contributed by atoms with Crippen molar-refractivity contribution in [3.8, 4) is 5.75 Å². The zero-order valence-electron chi connectivity index (χ0n) is 24.7. The Balaban J connectivity index is 1.59. The van der Waals surface area contributed by atoms with Crippen LogP contribution in [-0.4, -0.2) is 57.1 Å². The number of anilines is 1. The summed E-state index contributed by atoms with van der Waals surface area (Å²) in [7, 11) is -2.16. The van der Waals surface area contributed by atoms with E-state index in [2.05, 4.69) is 5.32 Å². The van der Waals surface area contributed by atoms with E-state index in [0.29, 0.717) is 17.0 Å². The third-order valence-electron chi connectivity index (χ3n) is 7.76. The van der Waals surface area contributed by atoms with E-state index < -0.39 is 21.9 Å². The maximum Gasteiger partial charge on any atom is 0.243 e. The number of amides is 2. The van der Waals surface area contributed by atoms with E-state index in [9.17, 15) is 22.4 Å². The quantitative estimate of drug-likeness (QED) is 0.275. The molecule has 0 unspecified atom stereocenters. The van der Waals surface area contributed by atoms with E-state index in [1.807, 2.05) is 30.3 Å². The minimum Gasteiger partial charge on any atom is -0.497 e. The third kappa shape index (κ3) is 9.03. The lowest BCUT2D eigenvalue weighted by Crippen LogP contribution is -2.52. The molecule has 1 saturated carbocycles. The standard InChI is InChI=1S/C33H40FN3O5S/c1-42-29-18-10-17-28(23-29)37(43(2,40)41)21-11-20-32(38)36(24-26-14-6-9-19-30(26)34)31(22-25-12-4-3-5-13-25)33(39)35-27-15-7-8-16-27/h3-6,9-10,12-14,17-19,23,27,31H,7-8,11,15-16,20-22,24H2,1-2H3,(H,35,39)/t31-/m0/s1. The van der Waals surface area contributed by atoms with Crippen LogP contribution in [0.5, 0.6) is 5.75 Å². The van der Waals surface area contributed by atoms with E-state index in [0.717, 1.165) is 37.5 Å². The molecule has 3 aromatic rings. The normalized spacial score (nSPS) is 14.2. The molecule has 230 valence electrons. The zero-order valence-corrected chi connectivity index (χ0v) is 25.6. The Morgan fingerprint density at radius 3 is 2.37 bits per heavy atom. The first kappa shape index (κ1) is 32.0. The molecule has 1 aliphatic carbocycles. The molecule has 8 nitrogen and oxygen atoms in total. The number of ether oxygens (including phenoxy) is 1. The lowest BCUT2D eigenvalue weighted by atomic mass is 10.0. The van der Waals surface area contributed by atoms with Gasteiger partial charge in [-0.05, 0) is 43.0 Å². The molecule has 0 spiro atoms. The number of methoxy groups -OCH3 is 1. The molecule has 1 atom stereocenters. The van der Waals surface area contributed by atoms with Gasteiger partial charge in [-0.1, -0.05) is 67.4 Å². The smallest absolute Gasteiger partial charge is 0.243 e. The Kier molecular flexibility index (Phi) is 11.2. The van der Waals surface area contributed by atoms with Crippen molar-refractivity contribution >= 4 is 27.5 Å².